The second kappa shape index (κ2) is 4.55. The first-order valence-electron chi connectivity index (χ1n) is 6.66. The molecule has 0 aliphatic carbocycles. The summed E-state index contributed by atoms with van der Waals surface area (Å²) in [4.78, 5) is 5.47. The fourth-order valence-electron chi connectivity index (χ4n) is 2.85. The van der Waals surface area contributed by atoms with Gasteiger partial charge in [0.2, 0.25) is 0 Å². The molecule has 0 amide bonds. The van der Waals surface area contributed by atoms with Crippen molar-refractivity contribution >= 4 is 5.71 Å². The summed E-state index contributed by atoms with van der Waals surface area (Å²) in [7, 11) is 1.57. The number of hydrogen-bond donors (Lipinski definition) is 0. The number of nitrogens with zero attached hydrogens (tertiary/aromatic N) is 1. The Hall–Kier alpha value is -1.43. The highest BCUT2D eigenvalue weighted by Gasteiger charge is 2.60. The van der Waals surface area contributed by atoms with E-state index in [0.717, 1.165) is 11.3 Å². The van der Waals surface area contributed by atoms with E-state index in [1.165, 1.54) is 0 Å². The van der Waals surface area contributed by atoms with Crippen LogP contribution in [0.25, 0.3) is 0 Å². The lowest BCUT2D eigenvalue weighted by Gasteiger charge is -2.37. The van der Waals surface area contributed by atoms with Crippen LogP contribution in [-0.2, 0) is 19.0 Å². The quantitative estimate of drug-likeness (QED) is 0.832. The van der Waals surface area contributed by atoms with Crippen LogP contribution in [0.2, 0.25) is 0 Å². The van der Waals surface area contributed by atoms with Crippen LogP contribution in [-0.4, -0.2) is 36.6 Å². The molecule has 1 saturated heterocycles. The van der Waals surface area contributed by atoms with Gasteiger partial charge in [-0.3, -0.25) is 0 Å². The van der Waals surface area contributed by atoms with Gasteiger partial charge in [0, 0.05) is 12.7 Å². The van der Waals surface area contributed by atoms with Crippen molar-refractivity contribution in [3.8, 4) is 0 Å². The van der Waals surface area contributed by atoms with E-state index in [-0.39, 0.29) is 6.10 Å². The highest BCUT2D eigenvalue weighted by molar-refractivity contribution is 6.04. The first-order valence-corrected chi connectivity index (χ1v) is 6.66. The molecule has 2 heterocycles. The highest BCUT2D eigenvalue weighted by Crippen LogP contribution is 2.43. The van der Waals surface area contributed by atoms with Crippen molar-refractivity contribution in [1.29, 1.82) is 0 Å². The van der Waals surface area contributed by atoms with Crippen LogP contribution in [0.15, 0.2) is 35.5 Å². The molecule has 3 rings (SSSR count). The Balaban J connectivity index is 2.04. The maximum atomic E-state index is 6.04. The lowest BCUT2D eigenvalue weighted by molar-refractivity contribution is -0.253. The van der Waals surface area contributed by atoms with E-state index in [2.05, 4.69) is 5.16 Å². The fraction of sp³-hybridized carbons (Fsp3) is 0.533. The topological polar surface area (TPSA) is 49.3 Å². The minimum atomic E-state index is -0.731. The molecule has 0 radical (unpaired) electrons. The molecule has 1 aromatic carbocycles. The van der Waals surface area contributed by atoms with Crippen molar-refractivity contribution in [1.82, 2.24) is 0 Å². The van der Waals surface area contributed by atoms with Crippen molar-refractivity contribution < 1.29 is 19.0 Å². The average molecular weight is 277 g/mol. The van der Waals surface area contributed by atoms with Gasteiger partial charge in [0.25, 0.3) is 6.29 Å². The lowest BCUT2D eigenvalue weighted by Crippen LogP contribution is -2.55. The van der Waals surface area contributed by atoms with Gasteiger partial charge in [-0.2, -0.15) is 0 Å². The van der Waals surface area contributed by atoms with Gasteiger partial charge in [-0.25, -0.2) is 0 Å². The molecule has 108 valence electrons. The molecule has 2 aliphatic heterocycles. The minimum Gasteiger partial charge on any atom is -0.360 e. The van der Waals surface area contributed by atoms with Crippen LogP contribution in [0.5, 0.6) is 0 Å². The molecule has 5 heteroatoms. The van der Waals surface area contributed by atoms with Crippen molar-refractivity contribution in [2.45, 2.75) is 44.6 Å². The van der Waals surface area contributed by atoms with Crippen LogP contribution >= 0.6 is 0 Å². The van der Waals surface area contributed by atoms with Gasteiger partial charge in [-0.1, -0.05) is 35.5 Å². The molecule has 0 saturated carbocycles. The molecule has 0 bridgehead atoms. The number of benzene rings is 1. The smallest absolute Gasteiger partial charge is 0.258 e. The van der Waals surface area contributed by atoms with Gasteiger partial charge < -0.3 is 19.0 Å². The summed E-state index contributed by atoms with van der Waals surface area (Å²) in [5.41, 5.74) is 0.956. The summed E-state index contributed by atoms with van der Waals surface area (Å²) < 4.78 is 17.4. The Bertz CT molecular complexity index is 528. The number of hydrogen-bond acceptors (Lipinski definition) is 5. The second-order valence-electron chi connectivity index (χ2n) is 5.70. The summed E-state index contributed by atoms with van der Waals surface area (Å²) in [6, 6.07) is 9.83. The number of oxime groups is 1. The normalized spacial score (nSPS) is 35.1. The van der Waals surface area contributed by atoms with E-state index in [1.807, 2.05) is 51.1 Å². The average Bonchev–Trinajstić information content (AvgIpc) is 2.67. The monoisotopic (exact) mass is 277 g/mol. The lowest BCUT2D eigenvalue weighted by atomic mass is 9.90. The first kappa shape index (κ1) is 13.5. The molecule has 0 unspecified atom stereocenters. The number of fused-ring (bicyclic) bond motifs is 1. The van der Waals surface area contributed by atoms with Gasteiger partial charge in [0.15, 0.2) is 11.4 Å². The Morgan fingerprint density at radius 2 is 1.85 bits per heavy atom. The third-order valence-electron chi connectivity index (χ3n) is 3.63. The van der Waals surface area contributed by atoms with E-state index < -0.39 is 17.7 Å². The van der Waals surface area contributed by atoms with E-state index in [1.54, 1.807) is 7.11 Å². The van der Waals surface area contributed by atoms with Crippen LogP contribution in [0.4, 0.5) is 0 Å². The Labute approximate surface area is 118 Å². The van der Waals surface area contributed by atoms with Gasteiger partial charge in [-0.05, 0) is 20.8 Å². The van der Waals surface area contributed by atoms with E-state index in [4.69, 9.17) is 19.0 Å². The number of rotatable bonds is 2. The number of ether oxygens (including phenoxy) is 3. The molecule has 0 spiro atoms. The van der Waals surface area contributed by atoms with Crippen LogP contribution in [0.1, 0.15) is 26.3 Å². The zero-order valence-electron chi connectivity index (χ0n) is 12.1. The molecule has 20 heavy (non-hydrogen) atoms. The number of methoxy groups -OCH3 is 1. The zero-order chi connectivity index (χ0) is 14.4. The maximum Gasteiger partial charge on any atom is 0.258 e. The second-order valence-corrected chi connectivity index (χ2v) is 5.70. The van der Waals surface area contributed by atoms with Crippen molar-refractivity contribution in [3.63, 3.8) is 0 Å². The van der Waals surface area contributed by atoms with Crippen LogP contribution in [0.3, 0.4) is 0 Å². The van der Waals surface area contributed by atoms with Crippen molar-refractivity contribution in [2.24, 2.45) is 5.16 Å². The molecule has 0 aromatic heterocycles. The van der Waals surface area contributed by atoms with E-state index >= 15 is 0 Å². The summed E-state index contributed by atoms with van der Waals surface area (Å²) in [5, 5.41) is 4.19. The molecule has 3 atom stereocenters. The van der Waals surface area contributed by atoms with E-state index in [9.17, 15) is 0 Å². The highest BCUT2D eigenvalue weighted by atomic mass is 16.8. The third-order valence-corrected chi connectivity index (χ3v) is 3.63. The van der Waals surface area contributed by atoms with Crippen molar-refractivity contribution in [2.75, 3.05) is 7.11 Å². The summed E-state index contributed by atoms with van der Waals surface area (Å²) in [6.45, 7) is 5.69. The van der Waals surface area contributed by atoms with Gasteiger partial charge >= 0.3 is 0 Å². The molecule has 5 nitrogen and oxygen atoms in total. The predicted molar refractivity (Wildman–Crippen MR) is 73.3 cm³/mol. The molecular weight excluding hydrogens is 258 g/mol. The summed E-state index contributed by atoms with van der Waals surface area (Å²) >= 11 is 0. The molecule has 1 fully saturated rings. The molecule has 0 N–H and O–H groups in total. The van der Waals surface area contributed by atoms with Gasteiger partial charge in [0.1, 0.15) is 11.8 Å². The molecular formula is C15H19NO4. The summed E-state index contributed by atoms with van der Waals surface area (Å²) in [6.07, 6.45) is -0.930. The van der Waals surface area contributed by atoms with Gasteiger partial charge in [0.05, 0.1) is 0 Å². The first-order chi connectivity index (χ1) is 9.46. The Morgan fingerprint density at radius 1 is 1.15 bits per heavy atom. The fourth-order valence-corrected chi connectivity index (χ4v) is 2.85. The van der Waals surface area contributed by atoms with Crippen LogP contribution < -0.4 is 0 Å². The SMILES string of the molecule is CO[C@H]1ON=C(c2ccccc2)[C@@H]2OC(C)(C)O[C@]12C. The largest absolute Gasteiger partial charge is 0.360 e. The summed E-state index contributed by atoms with van der Waals surface area (Å²) in [5.74, 6) is -0.709. The van der Waals surface area contributed by atoms with E-state index in [0.29, 0.717) is 0 Å². The van der Waals surface area contributed by atoms with Crippen LogP contribution in [0, 0.1) is 0 Å². The van der Waals surface area contributed by atoms with Crippen molar-refractivity contribution in [3.05, 3.63) is 35.9 Å². The maximum absolute atomic E-state index is 6.04. The Kier molecular flexibility index (Phi) is 3.08. The zero-order valence-corrected chi connectivity index (χ0v) is 12.1. The minimum absolute atomic E-state index is 0.335. The van der Waals surface area contributed by atoms with Gasteiger partial charge in [-0.15, -0.1) is 0 Å². The molecule has 2 aliphatic rings. The predicted octanol–water partition coefficient (Wildman–Crippen LogP) is 2.30. The molecule has 1 aromatic rings. The third kappa shape index (κ3) is 2.02. The standard InChI is InChI=1S/C15H19NO4/c1-14(2)18-12-11(10-8-6-5-7-9-10)16-19-13(17-4)15(12,3)20-14/h5-9,12-13H,1-4H3/t12-,13-,15-/m0/s1. The Morgan fingerprint density at radius 3 is 2.50 bits per heavy atom.